The topological polar surface area (TPSA) is 354 Å². The third kappa shape index (κ3) is 30.9. The molecule has 0 aliphatic rings. The van der Waals surface area contributed by atoms with Gasteiger partial charge in [0.25, 0.3) is 0 Å². The molecule has 0 heterocycles. The average molecular weight is 1100 g/mol. The summed E-state index contributed by atoms with van der Waals surface area (Å²) >= 11 is 0. The first-order valence-electron chi connectivity index (χ1n) is 25.9. The summed E-state index contributed by atoms with van der Waals surface area (Å²) in [5.74, 6) is -4.20. The van der Waals surface area contributed by atoms with Gasteiger partial charge in [-0.15, -0.1) is 0 Å². The average Bonchev–Trinajstić information content (AvgIpc) is 3.27. The van der Waals surface area contributed by atoms with Crippen molar-refractivity contribution in [3.63, 3.8) is 0 Å². The first kappa shape index (κ1) is 79.5. The zero-order valence-electron chi connectivity index (χ0n) is 48.3. The van der Waals surface area contributed by atoms with Crippen LogP contribution in [0, 0.1) is 40.5 Å². The van der Waals surface area contributed by atoms with Crippen molar-refractivity contribution < 1.29 is 60.4 Å². The van der Waals surface area contributed by atoms with Gasteiger partial charge in [-0.05, 0) is 134 Å². The molecule has 0 rings (SSSR count). The number of ether oxygens (including phenoxy) is 4. The number of likely N-dealkylation sites (N-methyl/N-ethyl adjacent to an activating group) is 12. The predicted octanol–water partition coefficient (Wildman–Crippen LogP) is 1.98. The maximum absolute atomic E-state index is 11.3. The Morgan fingerprint density at radius 1 is 0.288 bits per heavy atom. The number of hydrogen-bond donors (Lipinski definition) is 12. The van der Waals surface area contributed by atoms with E-state index < -0.39 is 67.8 Å². The molecule has 0 saturated heterocycles. The molecule has 4 atom stereocenters. The Hall–Kier alpha value is -2.33. The summed E-state index contributed by atoms with van der Waals surface area (Å²) in [5, 5.41) is 82.2. The molecule has 0 fully saturated rings. The molecule has 0 bridgehead atoms. The second kappa shape index (κ2) is 44.8. The van der Waals surface area contributed by atoms with Gasteiger partial charge in [0.05, 0.1) is 44.1 Å². The Bertz CT molecular complexity index is 1130. The Kier molecular flexibility index (Phi) is 48.8. The second-order valence-corrected chi connectivity index (χ2v) is 16.9. The van der Waals surface area contributed by atoms with E-state index in [0.29, 0.717) is 78.5 Å². The van der Waals surface area contributed by atoms with Crippen molar-refractivity contribution in [1.29, 1.82) is 0 Å². The monoisotopic (exact) mass is 1100 g/mol. The zero-order chi connectivity index (χ0) is 56.7. The summed E-state index contributed by atoms with van der Waals surface area (Å²) in [6.07, 6.45) is -5.69. The van der Waals surface area contributed by atoms with Crippen LogP contribution >= 0.6 is 0 Å². The van der Waals surface area contributed by atoms with E-state index in [2.05, 4.69) is 63.8 Å². The van der Waals surface area contributed by atoms with Gasteiger partial charge >= 0.3 is 24.9 Å². The minimum absolute atomic E-state index is 0. The molecule has 0 aromatic rings. The summed E-state index contributed by atoms with van der Waals surface area (Å²) in [7, 11) is 0. The quantitative estimate of drug-likeness (QED) is 0.0181. The molecule has 0 aromatic carbocycles. The molecule has 29 heteroatoms. The molecular weight excluding hydrogens is 992 g/mol. The van der Waals surface area contributed by atoms with Crippen molar-refractivity contribution in [1.82, 2.24) is 63.8 Å². The molecule has 0 aromatic heterocycles. The molecule has 4 unspecified atom stereocenters. The van der Waals surface area contributed by atoms with Gasteiger partial charge in [0, 0.05) is 21.7 Å². The molecule has 0 spiro atoms. The van der Waals surface area contributed by atoms with Gasteiger partial charge in [-0.1, -0.05) is 83.1 Å². The van der Waals surface area contributed by atoms with Crippen LogP contribution < -0.4 is 63.8 Å². The Balaban J connectivity index is -0.000000280. The molecule has 73 heavy (non-hydrogen) atoms. The van der Waals surface area contributed by atoms with Gasteiger partial charge in [-0.25, -0.2) is 0 Å². The molecule has 0 radical (unpaired) electrons. The van der Waals surface area contributed by atoms with E-state index >= 15 is 0 Å². The molecule has 28 nitrogen and oxygen atoms in total. The normalized spacial score (nSPS) is 13.7. The van der Waals surface area contributed by atoms with Crippen molar-refractivity contribution in [2.24, 2.45) is 0 Å². The van der Waals surface area contributed by atoms with E-state index in [4.69, 9.17) is 18.9 Å². The maximum Gasteiger partial charge on any atom is 0.361 e. The fourth-order valence-corrected chi connectivity index (χ4v) is 7.41. The fraction of sp³-hybridized carbons (Fsp3) is 1.00. The largest absolute Gasteiger partial charge is 0.361 e. The van der Waals surface area contributed by atoms with Crippen molar-refractivity contribution in [2.75, 3.05) is 78.5 Å². The first-order valence-corrected chi connectivity index (χ1v) is 25.9. The number of nitro groups is 4. The predicted molar refractivity (Wildman–Crippen MR) is 283 cm³/mol. The standard InChI is InChI=1S/4C11H26N4O3.Ti/c4*1-6-12-11(13-7-2,14-8-3)10(15(16)17)18-9(4)5;/h4*9-10,12-14H,6-8H2,1-5H3;. The summed E-state index contributed by atoms with van der Waals surface area (Å²) < 4.78 is 21.8. The van der Waals surface area contributed by atoms with Crippen LogP contribution in [0.15, 0.2) is 0 Å². The minimum atomic E-state index is -1.20. The van der Waals surface area contributed by atoms with E-state index in [-0.39, 0.29) is 46.1 Å². The third-order valence-electron chi connectivity index (χ3n) is 9.32. The van der Waals surface area contributed by atoms with Crippen LogP contribution in [-0.2, 0) is 40.7 Å². The van der Waals surface area contributed by atoms with Crippen LogP contribution in [0.25, 0.3) is 0 Å². The summed E-state index contributed by atoms with van der Waals surface area (Å²) in [6, 6.07) is 0. The van der Waals surface area contributed by atoms with E-state index in [1.165, 1.54) is 0 Å². The fourth-order valence-electron chi connectivity index (χ4n) is 7.41. The summed E-state index contributed by atoms with van der Waals surface area (Å²) in [6.45, 7) is 44.1. The van der Waals surface area contributed by atoms with Crippen LogP contribution in [-0.4, -0.2) is 171 Å². The second-order valence-electron chi connectivity index (χ2n) is 16.9. The SMILES string of the molecule is CCNC(NCC)(NCC)C(OC(C)C)[N+](=O)[O-].CCNC(NCC)(NCC)C(OC(C)C)[N+](=O)[O-].CCNC(NCC)(NCC)C(OC(C)C)[N+](=O)[O-].CCNC(NCC)(NCC)C(OC(C)C)[N+](=O)[O-].[Ti]. The van der Waals surface area contributed by atoms with Crippen molar-refractivity contribution in [3.8, 4) is 0 Å². The van der Waals surface area contributed by atoms with Gasteiger partial charge in [-0.2, -0.15) is 0 Å². The van der Waals surface area contributed by atoms with E-state index in [1.54, 1.807) is 55.4 Å². The van der Waals surface area contributed by atoms with Gasteiger partial charge in [0.1, 0.15) is 0 Å². The molecule has 0 saturated carbocycles. The van der Waals surface area contributed by atoms with Crippen LogP contribution in [0.2, 0.25) is 0 Å². The number of nitrogens with one attached hydrogen (secondary N) is 12. The number of rotatable bonds is 40. The van der Waals surface area contributed by atoms with Gasteiger partial charge in [0.15, 0.2) is 0 Å². The van der Waals surface area contributed by atoms with Crippen LogP contribution in [0.1, 0.15) is 138 Å². The third-order valence-corrected chi connectivity index (χ3v) is 9.32. The number of hydrogen-bond acceptors (Lipinski definition) is 24. The molecular formula is C44H104N16O12Ti. The van der Waals surface area contributed by atoms with Crippen molar-refractivity contribution in [3.05, 3.63) is 40.5 Å². The van der Waals surface area contributed by atoms with E-state index in [1.807, 2.05) is 83.1 Å². The van der Waals surface area contributed by atoms with Gasteiger partial charge < -0.3 is 18.9 Å². The Labute approximate surface area is 452 Å². The smallest absolute Gasteiger partial charge is 0.311 e. The van der Waals surface area contributed by atoms with E-state index in [9.17, 15) is 40.5 Å². The van der Waals surface area contributed by atoms with Crippen LogP contribution in [0.4, 0.5) is 0 Å². The molecule has 0 aliphatic heterocycles. The first-order chi connectivity index (χ1) is 33.7. The van der Waals surface area contributed by atoms with Gasteiger partial charge in [0.2, 0.25) is 23.1 Å². The minimum Gasteiger partial charge on any atom is -0.311 e. The Morgan fingerprint density at radius 3 is 0.438 bits per heavy atom. The van der Waals surface area contributed by atoms with Crippen LogP contribution in [0.5, 0.6) is 0 Å². The molecule has 12 N–H and O–H groups in total. The molecule has 0 amide bonds. The summed E-state index contributed by atoms with van der Waals surface area (Å²) in [4.78, 5) is 43.4. The van der Waals surface area contributed by atoms with Gasteiger partial charge in [-0.3, -0.25) is 104 Å². The van der Waals surface area contributed by atoms with Crippen molar-refractivity contribution in [2.45, 2.75) is 211 Å². The maximum atomic E-state index is 11.3. The number of nitrogens with zero attached hydrogens (tertiary/aromatic N) is 4. The molecule has 436 valence electrons. The Morgan fingerprint density at radius 2 is 0.384 bits per heavy atom. The molecule has 0 aliphatic carbocycles. The van der Waals surface area contributed by atoms with Crippen LogP contribution in [0.3, 0.4) is 0 Å². The summed E-state index contributed by atoms with van der Waals surface area (Å²) in [5.41, 5.74) is 0. The van der Waals surface area contributed by atoms with E-state index in [0.717, 1.165) is 0 Å². The zero-order valence-corrected chi connectivity index (χ0v) is 49.9. The van der Waals surface area contributed by atoms with Crippen molar-refractivity contribution >= 4 is 0 Å².